The third kappa shape index (κ3) is 4.36. The number of hydrogen-bond donors (Lipinski definition) is 0. The van der Waals surface area contributed by atoms with Gasteiger partial charge in [0.1, 0.15) is 11.6 Å². The van der Waals surface area contributed by atoms with E-state index < -0.39 is 0 Å². The smallest absolute Gasteiger partial charge is 0.123 e. The average molecular weight is 261 g/mol. The van der Waals surface area contributed by atoms with E-state index in [1.807, 2.05) is 11.9 Å². The first-order valence-corrected chi connectivity index (χ1v) is 6.42. The van der Waals surface area contributed by atoms with Gasteiger partial charge in [-0.2, -0.15) is 0 Å². The minimum atomic E-state index is -0.267. The first-order chi connectivity index (χ1) is 9.16. The fraction of sp³-hybridized carbons (Fsp3) is 0.250. The van der Waals surface area contributed by atoms with Gasteiger partial charge < -0.3 is 4.90 Å². The Kier molecular flexibility index (Phi) is 4.50. The maximum atomic E-state index is 12.7. The highest BCUT2D eigenvalue weighted by atomic mass is 19.1. The molecule has 1 nitrogen and oxygen atoms in total. The van der Waals surface area contributed by atoms with Crippen molar-refractivity contribution in [3.05, 3.63) is 60.2 Å². The summed E-state index contributed by atoms with van der Waals surface area (Å²) < 4.78 is 25.5. The van der Waals surface area contributed by atoms with Gasteiger partial charge in [0.25, 0.3) is 0 Å². The van der Waals surface area contributed by atoms with Crippen LogP contribution in [0, 0.1) is 11.6 Å². The molecule has 3 rings (SSSR count). The minimum Gasteiger partial charge on any atom is -0.345 e. The summed E-state index contributed by atoms with van der Waals surface area (Å²) in [7, 11) is 1.85. The lowest BCUT2D eigenvalue weighted by Gasteiger charge is -2.19. The van der Waals surface area contributed by atoms with Crippen molar-refractivity contribution in [2.75, 3.05) is 11.9 Å². The SMILES string of the molecule is C1CC1.CN(c1ccc(F)cc1)c1ccc(F)cc1. The van der Waals surface area contributed by atoms with Crippen LogP contribution in [0.2, 0.25) is 0 Å². The van der Waals surface area contributed by atoms with Crippen molar-refractivity contribution in [2.45, 2.75) is 19.3 Å². The second-order valence-electron chi connectivity index (χ2n) is 4.57. The Labute approximate surface area is 112 Å². The van der Waals surface area contributed by atoms with Gasteiger partial charge in [-0.25, -0.2) is 8.78 Å². The summed E-state index contributed by atoms with van der Waals surface area (Å²) in [5.41, 5.74) is 1.71. The van der Waals surface area contributed by atoms with Crippen LogP contribution in [-0.2, 0) is 0 Å². The molecule has 1 fully saturated rings. The van der Waals surface area contributed by atoms with Gasteiger partial charge in [0.05, 0.1) is 0 Å². The third-order valence-electron chi connectivity index (χ3n) is 2.78. The number of nitrogens with zero attached hydrogens (tertiary/aromatic N) is 1. The van der Waals surface area contributed by atoms with Crippen molar-refractivity contribution in [3.8, 4) is 0 Å². The Balaban J connectivity index is 0.000000390. The quantitative estimate of drug-likeness (QED) is 0.743. The Bertz CT molecular complexity index is 455. The molecule has 0 atom stereocenters. The minimum absolute atomic E-state index is 0.267. The van der Waals surface area contributed by atoms with Crippen LogP contribution in [0.3, 0.4) is 0 Å². The van der Waals surface area contributed by atoms with Crippen LogP contribution in [0.1, 0.15) is 19.3 Å². The summed E-state index contributed by atoms with van der Waals surface area (Å²) >= 11 is 0. The molecule has 0 bridgehead atoms. The number of hydrogen-bond acceptors (Lipinski definition) is 1. The van der Waals surface area contributed by atoms with Gasteiger partial charge in [-0.1, -0.05) is 19.3 Å². The normalized spacial score (nSPS) is 12.4. The van der Waals surface area contributed by atoms with Crippen LogP contribution < -0.4 is 4.90 Å². The number of rotatable bonds is 2. The molecule has 0 unspecified atom stereocenters. The van der Waals surface area contributed by atoms with Crippen molar-refractivity contribution in [3.63, 3.8) is 0 Å². The molecule has 100 valence electrons. The van der Waals surface area contributed by atoms with E-state index in [4.69, 9.17) is 0 Å². The van der Waals surface area contributed by atoms with E-state index in [0.29, 0.717) is 0 Å². The Morgan fingerprint density at radius 3 is 1.26 bits per heavy atom. The van der Waals surface area contributed by atoms with E-state index in [1.165, 1.54) is 43.5 Å². The molecule has 2 aromatic carbocycles. The molecular weight excluding hydrogens is 244 g/mol. The summed E-state index contributed by atoms with van der Waals surface area (Å²) in [5, 5.41) is 0. The van der Waals surface area contributed by atoms with Crippen molar-refractivity contribution < 1.29 is 8.78 Å². The average Bonchev–Trinajstić information content (AvgIpc) is 3.28. The summed E-state index contributed by atoms with van der Waals surface area (Å²) in [6.45, 7) is 0. The molecular formula is C16H17F2N. The zero-order valence-corrected chi connectivity index (χ0v) is 10.9. The summed E-state index contributed by atoms with van der Waals surface area (Å²) in [5.74, 6) is -0.535. The van der Waals surface area contributed by atoms with Crippen LogP contribution in [0.25, 0.3) is 0 Å². The molecule has 2 aromatic rings. The summed E-state index contributed by atoms with van der Waals surface area (Å²) in [6, 6.07) is 12.3. The lowest BCUT2D eigenvalue weighted by Crippen LogP contribution is -2.09. The van der Waals surface area contributed by atoms with Crippen molar-refractivity contribution in [1.29, 1.82) is 0 Å². The van der Waals surface area contributed by atoms with E-state index in [1.54, 1.807) is 24.3 Å². The van der Waals surface area contributed by atoms with Crippen LogP contribution in [-0.4, -0.2) is 7.05 Å². The van der Waals surface area contributed by atoms with Crippen LogP contribution in [0.4, 0.5) is 20.2 Å². The topological polar surface area (TPSA) is 3.24 Å². The van der Waals surface area contributed by atoms with E-state index in [0.717, 1.165) is 11.4 Å². The molecule has 19 heavy (non-hydrogen) atoms. The van der Waals surface area contributed by atoms with Gasteiger partial charge in [0, 0.05) is 18.4 Å². The van der Waals surface area contributed by atoms with E-state index >= 15 is 0 Å². The number of benzene rings is 2. The molecule has 0 N–H and O–H groups in total. The highest BCUT2D eigenvalue weighted by molar-refractivity contribution is 5.61. The molecule has 1 saturated carbocycles. The predicted octanol–water partition coefficient (Wildman–Crippen LogP) is 4.90. The van der Waals surface area contributed by atoms with Gasteiger partial charge in [-0.3, -0.25) is 0 Å². The molecule has 0 aliphatic heterocycles. The lowest BCUT2D eigenvalue weighted by molar-refractivity contribution is 0.628. The number of halogens is 2. The fourth-order valence-electron chi connectivity index (χ4n) is 1.48. The molecule has 0 heterocycles. The second kappa shape index (κ2) is 6.32. The van der Waals surface area contributed by atoms with Crippen molar-refractivity contribution in [2.24, 2.45) is 0 Å². The van der Waals surface area contributed by atoms with Crippen LogP contribution in [0.15, 0.2) is 48.5 Å². The summed E-state index contributed by atoms with van der Waals surface area (Å²) in [6.07, 6.45) is 4.50. The van der Waals surface area contributed by atoms with E-state index in [-0.39, 0.29) is 11.6 Å². The lowest BCUT2D eigenvalue weighted by atomic mass is 10.2. The molecule has 0 amide bonds. The van der Waals surface area contributed by atoms with Crippen molar-refractivity contribution in [1.82, 2.24) is 0 Å². The Hall–Kier alpha value is -1.90. The highest BCUT2D eigenvalue weighted by Crippen LogP contribution is 2.23. The number of anilines is 2. The maximum Gasteiger partial charge on any atom is 0.123 e. The maximum absolute atomic E-state index is 12.7. The molecule has 1 aliphatic rings. The van der Waals surface area contributed by atoms with Crippen LogP contribution >= 0.6 is 0 Å². The zero-order chi connectivity index (χ0) is 13.7. The largest absolute Gasteiger partial charge is 0.345 e. The Morgan fingerprint density at radius 2 is 1.00 bits per heavy atom. The van der Waals surface area contributed by atoms with Gasteiger partial charge in [-0.05, 0) is 48.5 Å². The van der Waals surface area contributed by atoms with Crippen LogP contribution in [0.5, 0.6) is 0 Å². The fourth-order valence-corrected chi connectivity index (χ4v) is 1.48. The first-order valence-electron chi connectivity index (χ1n) is 6.42. The zero-order valence-electron chi connectivity index (χ0n) is 10.9. The van der Waals surface area contributed by atoms with Gasteiger partial charge in [0.15, 0.2) is 0 Å². The Morgan fingerprint density at radius 1 is 0.684 bits per heavy atom. The molecule has 0 saturated heterocycles. The standard InChI is InChI=1S/C13H11F2N.C3H6/c1-16(12-6-2-10(14)3-7-12)13-8-4-11(15)5-9-13;1-2-3-1/h2-9H,1H3;1-3H2. The third-order valence-corrected chi connectivity index (χ3v) is 2.78. The van der Waals surface area contributed by atoms with Gasteiger partial charge in [-0.15, -0.1) is 0 Å². The first kappa shape index (κ1) is 13.5. The highest BCUT2D eigenvalue weighted by Gasteiger charge is 2.03. The van der Waals surface area contributed by atoms with Crippen molar-refractivity contribution >= 4 is 11.4 Å². The summed E-state index contributed by atoms with van der Waals surface area (Å²) in [4.78, 5) is 1.86. The molecule has 1 aliphatic carbocycles. The molecule has 0 spiro atoms. The molecule has 3 heteroatoms. The van der Waals surface area contributed by atoms with Gasteiger partial charge >= 0.3 is 0 Å². The van der Waals surface area contributed by atoms with Gasteiger partial charge in [0.2, 0.25) is 0 Å². The van der Waals surface area contributed by atoms with E-state index in [9.17, 15) is 8.78 Å². The predicted molar refractivity (Wildman–Crippen MR) is 74.7 cm³/mol. The van der Waals surface area contributed by atoms with E-state index in [2.05, 4.69) is 0 Å². The second-order valence-corrected chi connectivity index (χ2v) is 4.57. The monoisotopic (exact) mass is 261 g/mol. The molecule has 0 radical (unpaired) electrons. The molecule has 0 aromatic heterocycles.